The van der Waals surface area contributed by atoms with Crippen molar-refractivity contribution in [3.8, 4) is 0 Å². The number of nitrogens with one attached hydrogen (secondary N) is 1. The van der Waals surface area contributed by atoms with Crippen molar-refractivity contribution in [3.63, 3.8) is 0 Å². The molecule has 0 saturated heterocycles. The van der Waals surface area contributed by atoms with Gasteiger partial charge in [0.25, 0.3) is 5.91 Å². The van der Waals surface area contributed by atoms with Crippen LogP contribution in [0.4, 0.5) is 0 Å². The zero-order chi connectivity index (χ0) is 21.7. The Hall–Kier alpha value is -2.63. The molecule has 1 atom stereocenters. The van der Waals surface area contributed by atoms with Gasteiger partial charge in [0.1, 0.15) is 0 Å². The van der Waals surface area contributed by atoms with Crippen molar-refractivity contribution in [1.29, 1.82) is 0 Å². The van der Waals surface area contributed by atoms with E-state index in [0.29, 0.717) is 17.1 Å². The average Bonchev–Trinajstić information content (AvgIpc) is 3.03. The molecule has 0 radical (unpaired) electrons. The summed E-state index contributed by atoms with van der Waals surface area (Å²) in [6.45, 7) is 5.60. The normalized spacial score (nSPS) is 12.2. The summed E-state index contributed by atoms with van der Waals surface area (Å²) in [5.74, 6) is -0.0774. The summed E-state index contributed by atoms with van der Waals surface area (Å²) in [7, 11) is 4.06. The minimum absolute atomic E-state index is 0.0773. The van der Waals surface area contributed by atoms with E-state index in [1.54, 1.807) is 0 Å². The molecule has 0 spiro atoms. The highest BCUT2D eigenvalue weighted by Gasteiger charge is 2.16. The number of aromatic nitrogens is 2. The average molecular weight is 425 g/mol. The molecular weight excluding hydrogens is 396 g/mol. The quantitative estimate of drug-likeness (QED) is 0.573. The van der Waals surface area contributed by atoms with E-state index in [9.17, 15) is 4.79 Å². The number of benzene rings is 2. The number of nitrogens with zero attached hydrogens (tertiary/aromatic N) is 3. The van der Waals surface area contributed by atoms with Crippen LogP contribution in [0.15, 0.2) is 54.6 Å². The number of carbonyl (C=O) groups is 1. The van der Waals surface area contributed by atoms with Gasteiger partial charge < -0.3 is 10.2 Å². The van der Waals surface area contributed by atoms with Gasteiger partial charge in [-0.25, -0.2) is 0 Å². The zero-order valence-electron chi connectivity index (χ0n) is 18.0. The van der Waals surface area contributed by atoms with E-state index in [1.807, 2.05) is 81.2 Å². The van der Waals surface area contributed by atoms with Gasteiger partial charge in [0, 0.05) is 16.3 Å². The van der Waals surface area contributed by atoms with Crippen molar-refractivity contribution >= 4 is 17.5 Å². The van der Waals surface area contributed by atoms with E-state index in [4.69, 9.17) is 11.6 Å². The number of hydrogen-bond acceptors (Lipinski definition) is 3. The molecule has 5 nitrogen and oxygen atoms in total. The Bertz CT molecular complexity index is 977. The van der Waals surface area contributed by atoms with Gasteiger partial charge in [0.15, 0.2) is 0 Å². The van der Waals surface area contributed by atoms with Crippen LogP contribution in [0, 0.1) is 13.8 Å². The summed E-state index contributed by atoms with van der Waals surface area (Å²) in [5.41, 5.74) is 4.95. The van der Waals surface area contributed by atoms with Gasteiger partial charge in [-0.05, 0) is 82.4 Å². The van der Waals surface area contributed by atoms with Crippen LogP contribution >= 0.6 is 11.6 Å². The third-order valence-corrected chi connectivity index (χ3v) is 5.35. The van der Waals surface area contributed by atoms with Gasteiger partial charge in [0.2, 0.25) is 0 Å². The lowest BCUT2D eigenvalue weighted by Gasteiger charge is -2.21. The molecule has 3 rings (SSSR count). The van der Waals surface area contributed by atoms with Crippen LogP contribution in [0.5, 0.6) is 0 Å². The summed E-state index contributed by atoms with van der Waals surface area (Å²) in [6.07, 6.45) is 0.816. The number of amides is 1. The molecule has 0 saturated carbocycles. The minimum Gasteiger partial charge on any atom is -0.345 e. The van der Waals surface area contributed by atoms with Gasteiger partial charge in [-0.3, -0.25) is 9.48 Å². The molecule has 6 heteroatoms. The molecule has 0 aliphatic heterocycles. The second-order valence-electron chi connectivity index (χ2n) is 7.95. The van der Waals surface area contributed by atoms with Crippen LogP contribution in [0.25, 0.3) is 0 Å². The van der Waals surface area contributed by atoms with Gasteiger partial charge in [-0.1, -0.05) is 35.9 Å². The number of aryl methyl sites for hydroxylation is 2. The van der Waals surface area contributed by atoms with Gasteiger partial charge in [-0.15, -0.1) is 0 Å². The molecular formula is C24H29ClN4O. The molecule has 30 heavy (non-hydrogen) atoms. The SMILES string of the molecule is Cc1cc(C)n(Cc2ccc(C(=O)NC(CCN(C)C)c3ccc(Cl)cc3)cc2)n1. The molecule has 1 N–H and O–H groups in total. The monoisotopic (exact) mass is 424 g/mol. The van der Waals surface area contributed by atoms with Crippen molar-refractivity contribution in [2.24, 2.45) is 0 Å². The molecule has 0 aliphatic carbocycles. The highest BCUT2D eigenvalue weighted by Crippen LogP contribution is 2.20. The van der Waals surface area contributed by atoms with E-state index >= 15 is 0 Å². The summed E-state index contributed by atoms with van der Waals surface area (Å²) in [5, 5.41) is 8.37. The van der Waals surface area contributed by atoms with E-state index in [2.05, 4.69) is 21.4 Å². The number of rotatable bonds is 8. The predicted molar refractivity (Wildman–Crippen MR) is 122 cm³/mol. The first-order chi connectivity index (χ1) is 14.3. The van der Waals surface area contributed by atoms with Crippen LogP contribution in [-0.2, 0) is 6.54 Å². The summed E-state index contributed by atoms with van der Waals surface area (Å²) >= 11 is 6.03. The Morgan fingerprint density at radius 2 is 1.77 bits per heavy atom. The Labute approximate surface area is 183 Å². The molecule has 3 aromatic rings. The summed E-state index contributed by atoms with van der Waals surface area (Å²) in [6, 6.07) is 17.4. The number of hydrogen-bond donors (Lipinski definition) is 1. The first kappa shape index (κ1) is 22.1. The molecule has 1 amide bonds. The van der Waals surface area contributed by atoms with Crippen molar-refractivity contribution in [3.05, 3.63) is 87.7 Å². The Morgan fingerprint density at radius 1 is 1.10 bits per heavy atom. The third-order valence-electron chi connectivity index (χ3n) is 5.09. The van der Waals surface area contributed by atoms with Gasteiger partial charge >= 0.3 is 0 Å². The summed E-state index contributed by atoms with van der Waals surface area (Å²) < 4.78 is 1.97. The smallest absolute Gasteiger partial charge is 0.251 e. The minimum atomic E-state index is -0.0774. The largest absolute Gasteiger partial charge is 0.345 e. The summed E-state index contributed by atoms with van der Waals surface area (Å²) in [4.78, 5) is 15.0. The Morgan fingerprint density at radius 3 is 2.33 bits per heavy atom. The maximum Gasteiger partial charge on any atom is 0.251 e. The molecule has 2 aromatic carbocycles. The molecule has 158 valence electrons. The molecule has 1 unspecified atom stereocenters. The maximum atomic E-state index is 12.9. The highest BCUT2D eigenvalue weighted by molar-refractivity contribution is 6.30. The fourth-order valence-corrected chi connectivity index (χ4v) is 3.54. The lowest BCUT2D eigenvalue weighted by Crippen LogP contribution is -2.31. The van der Waals surface area contributed by atoms with E-state index in [0.717, 1.165) is 35.5 Å². The third kappa shape index (κ3) is 5.94. The van der Waals surface area contributed by atoms with Crippen molar-refractivity contribution in [1.82, 2.24) is 20.0 Å². The van der Waals surface area contributed by atoms with Gasteiger partial charge in [-0.2, -0.15) is 5.10 Å². The van der Waals surface area contributed by atoms with E-state index < -0.39 is 0 Å². The molecule has 0 fully saturated rings. The second kappa shape index (κ2) is 9.92. The van der Waals surface area contributed by atoms with Gasteiger partial charge in [0.05, 0.1) is 18.3 Å². The first-order valence-electron chi connectivity index (χ1n) is 10.1. The fourth-order valence-electron chi connectivity index (χ4n) is 3.42. The number of halogens is 1. The molecule has 1 aromatic heterocycles. The first-order valence-corrected chi connectivity index (χ1v) is 10.5. The molecule has 1 heterocycles. The van der Waals surface area contributed by atoms with Crippen LogP contribution < -0.4 is 5.32 Å². The van der Waals surface area contributed by atoms with Crippen LogP contribution in [0.3, 0.4) is 0 Å². The lowest BCUT2D eigenvalue weighted by atomic mass is 10.0. The Kier molecular flexibility index (Phi) is 7.29. The van der Waals surface area contributed by atoms with Crippen molar-refractivity contribution in [2.45, 2.75) is 32.9 Å². The van der Waals surface area contributed by atoms with Crippen molar-refractivity contribution in [2.75, 3.05) is 20.6 Å². The zero-order valence-corrected chi connectivity index (χ0v) is 18.8. The van der Waals surface area contributed by atoms with Crippen LogP contribution in [0.1, 0.15) is 45.3 Å². The fraction of sp³-hybridized carbons (Fsp3) is 0.333. The second-order valence-corrected chi connectivity index (χ2v) is 8.39. The van der Waals surface area contributed by atoms with Crippen molar-refractivity contribution < 1.29 is 4.79 Å². The topological polar surface area (TPSA) is 50.2 Å². The maximum absolute atomic E-state index is 12.9. The predicted octanol–water partition coefficient (Wildman–Crippen LogP) is 4.62. The lowest BCUT2D eigenvalue weighted by molar-refractivity contribution is 0.0932. The number of carbonyl (C=O) groups excluding carboxylic acids is 1. The molecule has 0 aliphatic rings. The van der Waals surface area contributed by atoms with Crippen LogP contribution in [0.2, 0.25) is 5.02 Å². The Balaban J connectivity index is 1.70. The van der Waals surface area contributed by atoms with Crippen LogP contribution in [-0.4, -0.2) is 41.2 Å². The highest BCUT2D eigenvalue weighted by atomic mass is 35.5. The molecule has 0 bridgehead atoms. The van der Waals surface area contributed by atoms with E-state index in [-0.39, 0.29) is 11.9 Å². The standard InChI is InChI=1S/C24H29ClN4O/c1-17-15-18(2)29(27-17)16-19-5-7-21(8-6-19)24(30)26-23(13-14-28(3)4)20-9-11-22(25)12-10-20/h5-12,15,23H,13-14,16H2,1-4H3,(H,26,30). The van der Waals surface area contributed by atoms with E-state index in [1.165, 1.54) is 0 Å².